The van der Waals surface area contributed by atoms with E-state index in [1.807, 2.05) is 37.4 Å². The molecule has 104 valence electrons. The molecule has 0 aliphatic carbocycles. The van der Waals surface area contributed by atoms with Crippen molar-refractivity contribution in [1.29, 1.82) is 0 Å². The molecule has 2 aromatic carbocycles. The Morgan fingerprint density at radius 1 is 1.25 bits per heavy atom. The van der Waals surface area contributed by atoms with E-state index in [0.717, 1.165) is 16.8 Å². The molecule has 0 radical (unpaired) electrons. The summed E-state index contributed by atoms with van der Waals surface area (Å²) < 4.78 is 5.01. The largest absolute Gasteiger partial charge is 0.462 e. The number of benzene rings is 2. The van der Waals surface area contributed by atoms with Gasteiger partial charge in [-0.05, 0) is 30.7 Å². The number of nitrogens with two attached hydrogens (primary N) is 1. The fraction of sp³-hybridized carbons (Fsp3) is 0.188. The quantitative estimate of drug-likeness (QED) is 0.661. The van der Waals surface area contributed by atoms with E-state index in [4.69, 9.17) is 10.5 Å². The molecule has 0 aromatic heterocycles. The number of hydrogen-bond acceptors (Lipinski definition) is 4. The first-order chi connectivity index (χ1) is 9.67. The average molecular weight is 270 g/mol. The van der Waals surface area contributed by atoms with Gasteiger partial charge in [0.15, 0.2) is 0 Å². The van der Waals surface area contributed by atoms with Crippen molar-refractivity contribution in [1.82, 2.24) is 0 Å². The van der Waals surface area contributed by atoms with Gasteiger partial charge in [-0.15, -0.1) is 0 Å². The predicted molar refractivity (Wildman–Crippen MR) is 81.8 cm³/mol. The number of para-hydroxylation sites is 1. The average Bonchev–Trinajstić information content (AvgIpc) is 2.48. The number of anilines is 2. The predicted octanol–water partition coefficient (Wildman–Crippen LogP) is 3.15. The van der Waals surface area contributed by atoms with Crippen molar-refractivity contribution in [2.45, 2.75) is 6.92 Å². The lowest BCUT2D eigenvalue weighted by Gasteiger charge is -2.11. The van der Waals surface area contributed by atoms with E-state index in [-0.39, 0.29) is 5.97 Å². The van der Waals surface area contributed by atoms with Crippen LogP contribution in [0.2, 0.25) is 0 Å². The van der Waals surface area contributed by atoms with E-state index >= 15 is 0 Å². The second-order valence-corrected chi connectivity index (χ2v) is 4.32. The first-order valence-electron chi connectivity index (χ1n) is 6.51. The second kappa shape index (κ2) is 6.10. The van der Waals surface area contributed by atoms with Crippen LogP contribution in [0.3, 0.4) is 0 Å². The molecule has 4 nitrogen and oxygen atoms in total. The first-order valence-corrected chi connectivity index (χ1v) is 6.51. The molecular formula is C16H18N2O2. The van der Waals surface area contributed by atoms with Crippen LogP contribution in [-0.4, -0.2) is 19.6 Å². The summed E-state index contributed by atoms with van der Waals surface area (Å²) in [4.78, 5) is 11.8. The van der Waals surface area contributed by atoms with E-state index in [1.165, 1.54) is 0 Å². The van der Waals surface area contributed by atoms with Crippen molar-refractivity contribution < 1.29 is 9.53 Å². The molecule has 0 heterocycles. The molecular weight excluding hydrogens is 252 g/mol. The Morgan fingerprint density at radius 3 is 2.70 bits per heavy atom. The molecule has 4 heteroatoms. The molecule has 0 atom stereocenters. The summed E-state index contributed by atoms with van der Waals surface area (Å²) in [6, 6.07) is 13.0. The number of nitrogen functional groups attached to an aromatic ring is 1. The number of rotatable bonds is 4. The van der Waals surface area contributed by atoms with Crippen molar-refractivity contribution in [3.05, 3.63) is 48.0 Å². The standard InChI is InChI=1S/C16H18N2O2/c1-3-20-16(19)12-7-4-6-11(10-12)13-8-5-9-14(18-2)15(13)17/h4-10,18H,3,17H2,1-2H3. The summed E-state index contributed by atoms with van der Waals surface area (Å²) in [5, 5.41) is 3.05. The Morgan fingerprint density at radius 2 is 2.00 bits per heavy atom. The molecule has 3 N–H and O–H groups in total. The molecule has 0 saturated heterocycles. The Balaban J connectivity index is 2.44. The van der Waals surface area contributed by atoms with Crippen LogP contribution in [0.4, 0.5) is 11.4 Å². The van der Waals surface area contributed by atoms with Gasteiger partial charge in [-0.2, -0.15) is 0 Å². The zero-order valence-corrected chi connectivity index (χ0v) is 11.6. The third kappa shape index (κ3) is 2.74. The Hall–Kier alpha value is -2.49. The van der Waals surface area contributed by atoms with Gasteiger partial charge in [-0.25, -0.2) is 4.79 Å². The molecule has 2 aromatic rings. The number of hydrogen-bond donors (Lipinski definition) is 2. The van der Waals surface area contributed by atoms with Crippen molar-refractivity contribution in [3.8, 4) is 11.1 Å². The lowest BCUT2D eigenvalue weighted by molar-refractivity contribution is 0.0526. The monoisotopic (exact) mass is 270 g/mol. The molecule has 0 aliphatic rings. The highest BCUT2D eigenvalue weighted by atomic mass is 16.5. The number of carbonyl (C=O) groups is 1. The zero-order valence-electron chi connectivity index (χ0n) is 11.6. The minimum absolute atomic E-state index is 0.322. The van der Waals surface area contributed by atoms with E-state index in [9.17, 15) is 4.79 Å². The lowest BCUT2D eigenvalue weighted by atomic mass is 10.0. The third-order valence-electron chi connectivity index (χ3n) is 3.06. The molecule has 20 heavy (non-hydrogen) atoms. The van der Waals surface area contributed by atoms with Gasteiger partial charge >= 0.3 is 5.97 Å². The summed E-state index contributed by atoms with van der Waals surface area (Å²) >= 11 is 0. The molecule has 0 aliphatic heterocycles. The highest BCUT2D eigenvalue weighted by Crippen LogP contribution is 2.31. The molecule has 0 saturated carbocycles. The summed E-state index contributed by atoms with van der Waals surface area (Å²) in [6.07, 6.45) is 0. The van der Waals surface area contributed by atoms with E-state index in [0.29, 0.717) is 17.9 Å². The van der Waals surface area contributed by atoms with Gasteiger partial charge in [-0.1, -0.05) is 24.3 Å². The van der Waals surface area contributed by atoms with E-state index in [2.05, 4.69) is 5.32 Å². The number of esters is 1. The summed E-state index contributed by atoms with van der Waals surface area (Å²) in [5.41, 5.74) is 9.97. The van der Waals surface area contributed by atoms with Crippen LogP contribution in [0.25, 0.3) is 11.1 Å². The molecule has 0 amide bonds. The maximum Gasteiger partial charge on any atom is 0.338 e. The second-order valence-electron chi connectivity index (χ2n) is 4.32. The lowest BCUT2D eigenvalue weighted by Crippen LogP contribution is -2.04. The van der Waals surface area contributed by atoms with Crippen LogP contribution in [0.15, 0.2) is 42.5 Å². The maximum atomic E-state index is 11.8. The van der Waals surface area contributed by atoms with Crippen molar-refractivity contribution in [2.24, 2.45) is 0 Å². The van der Waals surface area contributed by atoms with Crippen LogP contribution in [0.1, 0.15) is 17.3 Å². The molecule has 0 fully saturated rings. The normalized spacial score (nSPS) is 10.1. The number of carbonyl (C=O) groups excluding carboxylic acids is 1. The Bertz CT molecular complexity index is 624. The Kier molecular flexibility index (Phi) is 4.25. The highest BCUT2D eigenvalue weighted by Gasteiger charge is 2.10. The molecule has 2 rings (SSSR count). The smallest absolute Gasteiger partial charge is 0.338 e. The summed E-state index contributed by atoms with van der Waals surface area (Å²) in [6.45, 7) is 2.15. The van der Waals surface area contributed by atoms with Gasteiger partial charge in [0, 0.05) is 12.6 Å². The fourth-order valence-electron chi connectivity index (χ4n) is 2.06. The molecule has 0 spiro atoms. The molecule has 0 bridgehead atoms. The van der Waals surface area contributed by atoms with Crippen LogP contribution >= 0.6 is 0 Å². The van der Waals surface area contributed by atoms with Gasteiger partial charge in [0.1, 0.15) is 0 Å². The first kappa shape index (κ1) is 13.9. The Labute approximate surface area is 118 Å². The van der Waals surface area contributed by atoms with Gasteiger partial charge in [0.05, 0.1) is 23.5 Å². The van der Waals surface area contributed by atoms with Gasteiger partial charge in [-0.3, -0.25) is 0 Å². The van der Waals surface area contributed by atoms with Crippen molar-refractivity contribution in [2.75, 3.05) is 24.7 Å². The van der Waals surface area contributed by atoms with Crippen LogP contribution in [0.5, 0.6) is 0 Å². The minimum atomic E-state index is -0.322. The number of nitrogens with one attached hydrogen (secondary N) is 1. The topological polar surface area (TPSA) is 64.3 Å². The van der Waals surface area contributed by atoms with E-state index < -0.39 is 0 Å². The van der Waals surface area contributed by atoms with Crippen LogP contribution < -0.4 is 11.1 Å². The maximum absolute atomic E-state index is 11.8. The van der Waals surface area contributed by atoms with E-state index in [1.54, 1.807) is 19.1 Å². The van der Waals surface area contributed by atoms with Gasteiger partial charge < -0.3 is 15.8 Å². The highest BCUT2D eigenvalue weighted by molar-refractivity contribution is 5.93. The van der Waals surface area contributed by atoms with Gasteiger partial charge in [0.2, 0.25) is 0 Å². The van der Waals surface area contributed by atoms with Crippen molar-refractivity contribution >= 4 is 17.3 Å². The zero-order chi connectivity index (χ0) is 14.5. The fourth-order valence-corrected chi connectivity index (χ4v) is 2.06. The van der Waals surface area contributed by atoms with Crippen molar-refractivity contribution in [3.63, 3.8) is 0 Å². The minimum Gasteiger partial charge on any atom is -0.462 e. The molecule has 0 unspecified atom stereocenters. The third-order valence-corrected chi connectivity index (χ3v) is 3.06. The van der Waals surface area contributed by atoms with Crippen LogP contribution in [-0.2, 0) is 4.74 Å². The summed E-state index contributed by atoms with van der Waals surface area (Å²) in [5.74, 6) is -0.322. The SMILES string of the molecule is CCOC(=O)c1cccc(-c2cccc(NC)c2N)c1. The van der Waals surface area contributed by atoms with Gasteiger partial charge in [0.25, 0.3) is 0 Å². The number of ether oxygens (including phenoxy) is 1. The van der Waals surface area contributed by atoms with Crippen LogP contribution in [0, 0.1) is 0 Å². The summed E-state index contributed by atoms with van der Waals surface area (Å²) in [7, 11) is 1.82.